The van der Waals surface area contributed by atoms with Crippen molar-refractivity contribution in [2.75, 3.05) is 0 Å². The SMILES string of the molecule is C[Si](C)(C)c1cnc(C2c3ccccc3-c3cc(-c4ccc5c(c4)c4ccccc4n5-c4ncc([Si](C)(C)C)cn4)ccc32)nc1. The lowest BCUT2D eigenvalue weighted by molar-refractivity contribution is 0.876. The maximum atomic E-state index is 4.93. The van der Waals surface area contributed by atoms with Crippen LogP contribution in [0, 0.1) is 0 Å². The van der Waals surface area contributed by atoms with Crippen LogP contribution in [0.5, 0.6) is 0 Å². The summed E-state index contributed by atoms with van der Waals surface area (Å²) in [5, 5.41) is 4.93. The van der Waals surface area contributed by atoms with Crippen LogP contribution < -0.4 is 10.4 Å². The van der Waals surface area contributed by atoms with Gasteiger partial charge in [-0.1, -0.05) is 99.9 Å². The molecule has 7 heteroatoms. The van der Waals surface area contributed by atoms with Gasteiger partial charge in [0, 0.05) is 35.6 Å². The Bertz CT molecular complexity index is 2270. The Balaban J connectivity index is 1.23. The summed E-state index contributed by atoms with van der Waals surface area (Å²) in [6.45, 7) is 14.0. The lowest BCUT2D eigenvalue weighted by atomic mass is 9.94. The van der Waals surface area contributed by atoms with Crippen molar-refractivity contribution in [3.05, 3.63) is 127 Å². The number of rotatable bonds is 5. The van der Waals surface area contributed by atoms with Crippen molar-refractivity contribution in [2.24, 2.45) is 0 Å². The summed E-state index contributed by atoms with van der Waals surface area (Å²) in [6, 6.07) is 30.9. The average Bonchev–Trinajstić information content (AvgIpc) is 3.56. The van der Waals surface area contributed by atoms with Gasteiger partial charge in [-0.3, -0.25) is 4.57 Å². The Hall–Kier alpha value is -4.73. The summed E-state index contributed by atoms with van der Waals surface area (Å²) in [5.74, 6) is 1.61. The summed E-state index contributed by atoms with van der Waals surface area (Å²) in [5.41, 5.74) is 9.66. The number of aromatic nitrogens is 5. The molecule has 0 saturated carbocycles. The number of hydrogen-bond acceptors (Lipinski definition) is 4. The van der Waals surface area contributed by atoms with Crippen LogP contribution in [-0.2, 0) is 0 Å². The normalized spacial score (nSPS) is 14.5. The molecular weight excluding hydrogens is 595 g/mol. The zero-order valence-electron chi connectivity index (χ0n) is 27.2. The first-order valence-electron chi connectivity index (χ1n) is 16.0. The van der Waals surface area contributed by atoms with Crippen molar-refractivity contribution in [2.45, 2.75) is 45.2 Å². The first-order valence-corrected chi connectivity index (χ1v) is 23.0. The van der Waals surface area contributed by atoms with Gasteiger partial charge in [0.15, 0.2) is 0 Å². The van der Waals surface area contributed by atoms with Crippen molar-refractivity contribution in [1.82, 2.24) is 24.5 Å². The van der Waals surface area contributed by atoms with E-state index in [0.717, 1.165) is 16.9 Å². The molecule has 1 aliphatic rings. The summed E-state index contributed by atoms with van der Waals surface area (Å²) >= 11 is 0. The molecule has 0 spiro atoms. The van der Waals surface area contributed by atoms with Gasteiger partial charge in [0.1, 0.15) is 5.82 Å². The van der Waals surface area contributed by atoms with Crippen molar-refractivity contribution >= 4 is 48.3 Å². The molecule has 7 aromatic rings. The molecule has 0 amide bonds. The third kappa shape index (κ3) is 4.65. The summed E-state index contributed by atoms with van der Waals surface area (Å²) < 4.78 is 2.19. The molecule has 5 nitrogen and oxygen atoms in total. The second-order valence-electron chi connectivity index (χ2n) is 14.5. The molecule has 3 aromatic heterocycles. The van der Waals surface area contributed by atoms with E-state index in [1.807, 2.05) is 12.4 Å². The molecule has 4 aromatic carbocycles. The van der Waals surface area contributed by atoms with Gasteiger partial charge in [-0.25, -0.2) is 19.9 Å². The Labute approximate surface area is 272 Å². The largest absolute Gasteiger partial charge is 0.278 e. The first-order chi connectivity index (χ1) is 22.1. The van der Waals surface area contributed by atoms with Crippen LogP contribution in [0.25, 0.3) is 50.0 Å². The van der Waals surface area contributed by atoms with Crippen LogP contribution in [0.4, 0.5) is 0 Å². The van der Waals surface area contributed by atoms with E-state index in [-0.39, 0.29) is 5.92 Å². The molecule has 0 aliphatic heterocycles. The molecule has 46 heavy (non-hydrogen) atoms. The van der Waals surface area contributed by atoms with Crippen LogP contribution in [0.2, 0.25) is 39.3 Å². The molecule has 0 N–H and O–H groups in total. The van der Waals surface area contributed by atoms with Crippen LogP contribution >= 0.6 is 0 Å². The van der Waals surface area contributed by atoms with E-state index < -0.39 is 16.1 Å². The zero-order valence-corrected chi connectivity index (χ0v) is 29.2. The van der Waals surface area contributed by atoms with E-state index in [1.165, 1.54) is 54.5 Å². The quantitative estimate of drug-likeness (QED) is 0.179. The van der Waals surface area contributed by atoms with Crippen LogP contribution in [-0.4, -0.2) is 40.7 Å². The lowest BCUT2D eigenvalue weighted by Gasteiger charge is -2.17. The number of hydrogen-bond donors (Lipinski definition) is 0. The summed E-state index contributed by atoms with van der Waals surface area (Å²) in [4.78, 5) is 19.6. The number of para-hydroxylation sites is 1. The first kappa shape index (κ1) is 28.7. The predicted octanol–water partition coefficient (Wildman–Crippen LogP) is 8.28. The lowest BCUT2D eigenvalue weighted by Crippen LogP contribution is -2.38. The molecule has 3 heterocycles. The molecular formula is C39H37N5Si2. The third-order valence-corrected chi connectivity index (χ3v) is 13.4. The second-order valence-corrected chi connectivity index (χ2v) is 24.7. The maximum Gasteiger partial charge on any atom is 0.234 e. The number of fused-ring (bicyclic) bond motifs is 6. The van der Waals surface area contributed by atoms with Gasteiger partial charge >= 0.3 is 0 Å². The van der Waals surface area contributed by atoms with Gasteiger partial charge in [-0.05, 0) is 68.0 Å². The molecule has 0 radical (unpaired) electrons. The minimum Gasteiger partial charge on any atom is -0.278 e. The molecule has 1 aliphatic carbocycles. The highest BCUT2D eigenvalue weighted by molar-refractivity contribution is 6.89. The van der Waals surface area contributed by atoms with Crippen LogP contribution in [0.3, 0.4) is 0 Å². The number of nitrogens with zero attached hydrogens (tertiary/aromatic N) is 5. The fourth-order valence-corrected chi connectivity index (χ4v) is 8.53. The highest BCUT2D eigenvalue weighted by Gasteiger charge is 2.32. The van der Waals surface area contributed by atoms with E-state index in [0.29, 0.717) is 5.95 Å². The Morgan fingerprint density at radius 2 is 1.09 bits per heavy atom. The minimum atomic E-state index is -1.50. The van der Waals surface area contributed by atoms with E-state index >= 15 is 0 Å². The summed E-state index contributed by atoms with van der Waals surface area (Å²) in [6.07, 6.45) is 8.15. The molecule has 226 valence electrons. The average molecular weight is 632 g/mol. The van der Waals surface area contributed by atoms with E-state index in [2.05, 4.69) is 141 Å². The molecule has 0 fully saturated rings. The summed E-state index contributed by atoms with van der Waals surface area (Å²) in [7, 11) is -2.98. The van der Waals surface area contributed by atoms with E-state index in [9.17, 15) is 0 Å². The predicted molar refractivity (Wildman–Crippen MR) is 196 cm³/mol. The van der Waals surface area contributed by atoms with Crippen LogP contribution in [0.1, 0.15) is 22.9 Å². The van der Waals surface area contributed by atoms with Gasteiger partial charge in [0.25, 0.3) is 0 Å². The Morgan fingerprint density at radius 3 is 1.80 bits per heavy atom. The van der Waals surface area contributed by atoms with Gasteiger partial charge in [-0.15, -0.1) is 0 Å². The van der Waals surface area contributed by atoms with Gasteiger partial charge in [-0.2, -0.15) is 0 Å². The van der Waals surface area contributed by atoms with Crippen molar-refractivity contribution in [3.8, 4) is 28.2 Å². The highest BCUT2D eigenvalue weighted by atomic mass is 28.3. The molecule has 1 unspecified atom stereocenters. The fraction of sp³-hybridized carbons (Fsp3) is 0.179. The Kier molecular flexibility index (Phi) is 6.50. The maximum absolute atomic E-state index is 4.93. The van der Waals surface area contributed by atoms with Crippen molar-refractivity contribution in [1.29, 1.82) is 0 Å². The molecule has 1 atom stereocenters. The highest BCUT2D eigenvalue weighted by Crippen LogP contribution is 2.48. The standard InChI is InChI=1S/C39H37N5Si2/c1-45(2,3)27-21-40-38(41-22-27)37-31-13-8-7-11-29(31)33-19-25(15-17-32(33)37)26-16-18-36-34(20-26)30-12-9-10-14-35(30)44(36)39-42-23-28(24-43-39)46(4,5)6/h7-24,37H,1-6H3. The molecule has 0 saturated heterocycles. The smallest absolute Gasteiger partial charge is 0.234 e. The topological polar surface area (TPSA) is 56.5 Å². The molecule has 0 bridgehead atoms. The molecule has 8 rings (SSSR count). The zero-order chi connectivity index (χ0) is 31.8. The van der Waals surface area contributed by atoms with E-state index in [4.69, 9.17) is 19.9 Å². The monoisotopic (exact) mass is 631 g/mol. The minimum absolute atomic E-state index is 0.0312. The van der Waals surface area contributed by atoms with Crippen molar-refractivity contribution < 1.29 is 0 Å². The second kappa shape index (κ2) is 10.4. The fourth-order valence-electron chi connectivity index (χ4n) is 6.73. The van der Waals surface area contributed by atoms with Gasteiger partial charge in [0.05, 0.1) is 33.1 Å². The van der Waals surface area contributed by atoms with Gasteiger partial charge in [0.2, 0.25) is 5.95 Å². The van der Waals surface area contributed by atoms with Crippen LogP contribution in [0.15, 0.2) is 110 Å². The van der Waals surface area contributed by atoms with E-state index in [1.54, 1.807) is 0 Å². The number of benzene rings is 4. The van der Waals surface area contributed by atoms with Crippen molar-refractivity contribution in [3.63, 3.8) is 0 Å². The van der Waals surface area contributed by atoms with Gasteiger partial charge < -0.3 is 0 Å². The third-order valence-electron chi connectivity index (χ3n) is 9.43. The Morgan fingerprint density at radius 1 is 0.522 bits per heavy atom.